The van der Waals surface area contributed by atoms with E-state index >= 15 is 0 Å². The molecule has 4 rings (SSSR count). The highest BCUT2D eigenvalue weighted by Gasteiger charge is 2.52. The number of nitrogens with zero attached hydrogens (tertiary/aromatic N) is 1. The van der Waals surface area contributed by atoms with Gasteiger partial charge in [-0.25, -0.2) is 4.79 Å². The maximum atomic E-state index is 12.9. The Balaban J connectivity index is 1.51. The van der Waals surface area contributed by atoms with Crippen LogP contribution in [0.4, 0.5) is 4.79 Å². The van der Waals surface area contributed by atoms with E-state index in [-0.39, 0.29) is 29.4 Å². The Morgan fingerprint density at radius 3 is 2.00 bits per heavy atom. The zero-order valence-electron chi connectivity index (χ0n) is 20.6. The molecule has 2 bridgehead atoms. The van der Waals surface area contributed by atoms with E-state index in [0.29, 0.717) is 12.8 Å². The maximum absolute atomic E-state index is 12.9. The highest BCUT2D eigenvalue weighted by atomic mass is 16.7. The van der Waals surface area contributed by atoms with Gasteiger partial charge in [0.15, 0.2) is 0 Å². The Bertz CT molecular complexity index is 830. The Hall–Kier alpha value is -1.57. The second-order valence-corrected chi connectivity index (χ2v) is 11.8. The van der Waals surface area contributed by atoms with E-state index < -0.39 is 18.3 Å². The van der Waals surface area contributed by atoms with E-state index in [1.807, 2.05) is 77.6 Å². The van der Waals surface area contributed by atoms with E-state index in [9.17, 15) is 9.90 Å². The molecule has 3 saturated heterocycles. The fourth-order valence-electron chi connectivity index (χ4n) is 5.21. The van der Waals surface area contributed by atoms with Gasteiger partial charge in [-0.05, 0) is 78.8 Å². The molecule has 3 aliphatic heterocycles. The molecular formula is C25H38BNO5. The monoisotopic (exact) mass is 443 g/mol. The summed E-state index contributed by atoms with van der Waals surface area (Å²) >= 11 is 0. The van der Waals surface area contributed by atoms with Gasteiger partial charge in [0, 0.05) is 24.9 Å². The minimum atomic E-state index is -0.956. The minimum absolute atomic E-state index is 0.00914. The fourth-order valence-corrected chi connectivity index (χ4v) is 5.21. The average Bonchev–Trinajstić information content (AvgIpc) is 2.87. The van der Waals surface area contributed by atoms with Gasteiger partial charge in [0.05, 0.1) is 16.8 Å². The molecule has 3 heterocycles. The first-order chi connectivity index (χ1) is 14.7. The van der Waals surface area contributed by atoms with Crippen LogP contribution in [-0.4, -0.2) is 52.1 Å². The molecular weight excluding hydrogens is 405 g/mol. The van der Waals surface area contributed by atoms with Crippen molar-refractivity contribution in [1.82, 2.24) is 4.90 Å². The minimum Gasteiger partial charge on any atom is -0.444 e. The van der Waals surface area contributed by atoms with Crippen LogP contribution in [0.25, 0.3) is 0 Å². The summed E-state index contributed by atoms with van der Waals surface area (Å²) in [5.41, 5.74) is -0.424. The van der Waals surface area contributed by atoms with Gasteiger partial charge in [-0.1, -0.05) is 24.3 Å². The lowest BCUT2D eigenvalue weighted by Crippen LogP contribution is -2.59. The van der Waals surface area contributed by atoms with Gasteiger partial charge in [-0.2, -0.15) is 0 Å². The smallest absolute Gasteiger partial charge is 0.444 e. The van der Waals surface area contributed by atoms with Gasteiger partial charge < -0.3 is 24.1 Å². The molecule has 1 amide bonds. The number of carbonyl (C=O) groups excluding carboxylic acids is 1. The van der Waals surface area contributed by atoms with Gasteiger partial charge in [0.2, 0.25) is 0 Å². The first-order valence-electron chi connectivity index (χ1n) is 11.9. The summed E-state index contributed by atoms with van der Waals surface area (Å²) in [7, 11) is -0.419. The van der Waals surface area contributed by atoms with Gasteiger partial charge in [-0.3, -0.25) is 0 Å². The van der Waals surface area contributed by atoms with Gasteiger partial charge in [0.1, 0.15) is 5.60 Å². The summed E-state index contributed by atoms with van der Waals surface area (Å²) in [6, 6.07) is 7.94. The molecule has 1 aromatic carbocycles. The standard InChI is InChI=1S/C25H38BNO5/c1-22(2,3)30-21(28)27-19-9-8-10-20(27)16-25(29,15-19)17-11-13-18(14-12-17)26-31-23(4,5)24(6,7)32-26/h11-14,19-20,29H,8-10,15-16H2,1-7H3. The summed E-state index contributed by atoms with van der Waals surface area (Å²) in [5, 5.41) is 11.7. The van der Waals surface area contributed by atoms with E-state index in [1.165, 1.54) is 0 Å². The summed E-state index contributed by atoms with van der Waals surface area (Å²) in [6.07, 6.45) is 3.65. The van der Waals surface area contributed by atoms with Crippen molar-refractivity contribution in [2.75, 3.05) is 0 Å². The van der Waals surface area contributed by atoms with Crippen LogP contribution in [0.1, 0.15) is 86.1 Å². The van der Waals surface area contributed by atoms with Crippen LogP contribution in [0.2, 0.25) is 0 Å². The van der Waals surface area contributed by atoms with Crippen molar-refractivity contribution in [2.45, 2.75) is 115 Å². The van der Waals surface area contributed by atoms with Gasteiger partial charge in [0.25, 0.3) is 0 Å². The molecule has 0 spiro atoms. The second kappa shape index (κ2) is 7.74. The van der Waals surface area contributed by atoms with Crippen LogP contribution >= 0.6 is 0 Å². The number of piperidine rings is 2. The third-order valence-electron chi connectivity index (χ3n) is 7.59. The number of amides is 1. The number of hydrogen-bond donors (Lipinski definition) is 1. The Morgan fingerprint density at radius 2 is 1.53 bits per heavy atom. The lowest BCUT2D eigenvalue weighted by molar-refractivity contribution is -0.0965. The van der Waals surface area contributed by atoms with Crippen molar-refractivity contribution in [3.05, 3.63) is 29.8 Å². The molecule has 3 fully saturated rings. The SMILES string of the molecule is CC(C)(C)OC(=O)N1C2CCCC1CC(O)(c1ccc(B3OC(C)(C)C(C)(C)O3)cc1)C2. The number of ether oxygens (including phenoxy) is 1. The van der Waals surface area contributed by atoms with Crippen molar-refractivity contribution in [1.29, 1.82) is 0 Å². The molecule has 1 aromatic rings. The number of fused-ring (bicyclic) bond motifs is 2. The largest absolute Gasteiger partial charge is 0.494 e. The Kier molecular flexibility index (Phi) is 5.71. The molecule has 0 aliphatic carbocycles. The molecule has 2 unspecified atom stereocenters. The third kappa shape index (κ3) is 4.31. The predicted octanol–water partition coefficient (Wildman–Crippen LogP) is 4.13. The number of benzene rings is 1. The van der Waals surface area contributed by atoms with Gasteiger partial charge >= 0.3 is 13.2 Å². The van der Waals surface area contributed by atoms with Crippen molar-refractivity contribution < 1.29 is 23.9 Å². The quantitative estimate of drug-likeness (QED) is 0.697. The van der Waals surface area contributed by atoms with Crippen LogP contribution in [0.3, 0.4) is 0 Å². The molecule has 3 aliphatic rings. The zero-order valence-corrected chi connectivity index (χ0v) is 20.6. The van der Waals surface area contributed by atoms with Gasteiger partial charge in [-0.15, -0.1) is 0 Å². The predicted molar refractivity (Wildman–Crippen MR) is 125 cm³/mol. The number of rotatable bonds is 2. The van der Waals surface area contributed by atoms with E-state index in [0.717, 1.165) is 30.3 Å². The number of hydrogen-bond acceptors (Lipinski definition) is 5. The van der Waals surface area contributed by atoms with Crippen LogP contribution in [0, 0.1) is 0 Å². The van der Waals surface area contributed by atoms with Crippen molar-refractivity contribution >= 4 is 18.7 Å². The van der Waals surface area contributed by atoms with Crippen molar-refractivity contribution in [3.8, 4) is 0 Å². The van der Waals surface area contributed by atoms with E-state index in [4.69, 9.17) is 14.0 Å². The second-order valence-electron chi connectivity index (χ2n) is 11.8. The summed E-state index contributed by atoms with van der Waals surface area (Å²) in [4.78, 5) is 14.8. The normalized spacial score (nSPS) is 31.5. The highest BCUT2D eigenvalue weighted by Crippen LogP contribution is 2.45. The number of aliphatic hydroxyl groups is 1. The van der Waals surface area contributed by atoms with Crippen molar-refractivity contribution in [3.63, 3.8) is 0 Å². The molecule has 176 valence electrons. The first kappa shape index (κ1) is 23.6. The van der Waals surface area contributed by atoms with Crippen LogP contribution in [-0.2, 0) is 19.6 Å². The van der Waals surface area contributed by atoms with Crippen LogP contribution < -0.4 is 5.46 Å². The third-order valence-corrected chi connectivity index (χ3v) is 7.59. The Labute approximate surface area is 192 Å². The highest BCUT2D eigenvalue weighted by molar-refractivity contribution is 6.62. The molecule has 2 atom stereocenters. The molecule has 32 heavy (non-hydrogen) atoms. The maximum Gasteiger partial charge on any atom is 0.494 e. The average molecular weight is 443 g/mol. The molecule has 1 N–H and O–H groups in total. The van der Waals surface area contributed by atoms with E-state index in [1.54, 1.807) is 0 Å². The Morgan fingerprint density at radius 1 is 1.03 bits per heavy atom. The summed E-state index contributed by atoms with van der Waals surface area (Å²) < 4.78 is 18.0. The lowest BCUT2D eigenvalue weighted by Gasteiger charge is -2.51. The molecule has 6 nitrogen and oxygen atoms in total. The van der Waals surface area contributed by atoms with Crippen LogP contribution in [0.15, 0.2) is 24.3 Å². The summed E-state index contributed by atoms with van der Waals surface area (Å²) in [5.74, 6) is 0. The van der Waals surface area contributed by atoms with Crippen molar-refractivity contribution in [2.24, 2.45) is 0 Å². The molecule has 7 heteroatoms. The lowest BCUT2D eigenvalue weighted by atomic mass is 9.71. The number of carbonyl (C=O) groups is 1. The van der Waals surface area contributed by atoms with E-state index in [2.05, 4.69) is 0 Å². The van der Waals surface area contributed by atoms with Crippen LogP contribution in [0.5, 0.6) is 0 Å². The molecule has 0 saturated carbocycles. The molecule has 0 radical (unpaired) electrons. The summed E-state index contributed by atoms with van der Waals surface area (Å²) in [6.45, 7) is 13.8. The fraction of sp³-hybridized carbons (Fsp3) is 0.720. The topological polar surface area (TPSA) is 68.2 Å². The molecule has 0 aromatic heterocycles. The first-order valence-corrected chi connectivity index (χ1v) is 11.9. The zero-order chi connectivity index (χ0) is 23.5.